The number of nitrogen functional groups attached to an aromatic ring is 1. The van der Waals surface area contributed by atoms with Crippen molar-refractivity contribution in [3.05, 3.63) is 73.6 Å². The molecule has 8 heteroatoms. The average molecular weight is 428 g/mol. The predicted molar refractivity (Wildman–Crippen MR) is 124 cm³/mol. The fourth-order valence-corrected chi connectivity index (χ4v) is 3.42. The highest BCUT2D eigenvalue weighted by molar-refractivity contribution is 5.98. The molecule has 0 spiro atoms. The van der Waals surface area contributed by atoms with Crippen molar-refractivity contribution in [2.45, 2.75) is 13.0 Å². The maximum atomic E-state index is 11.7. The number of ether oxygens (including phenoxy) is 1. The Morgan fingerprint density at radius 3 is 2.56 bits per heavy atom. The fraction of sp³-hybridized carbons (Fsp3) is 0.167. The van der Waals surface area contributed by atoms with Crippen LogP contribution in [0.25, 0.3) is 22.3 Å². The number of likely N-dealkylation sites (N-methyl/N-ethyl adjacent to an activating group) is 1. The van der Waals surface area contributed by atoms with Gasteiger partial charge in [0.1, 0.15) is 29.3 Å². The minimum Gasteiger partial charge on any atom is -0.457 e. The van der Waals surface area contributed by atoms with E-state index in [1.807, 2.05) is 59.3 Å². The van der Waals surface area contributed by atoms with Gasteiger partial charge in [0.05, 0.1) is 5.39 Å². The Labute approximate surface area is 186 Å². The lowest BCUT2D eigenvalue weighted by atomic mass is 10.1. The van der Waals surface area contributed by atoms with Crippen LogP contribution in [0.15, 0.2) is 73.6 Å². The van der Waals surface area contributed by atoms with Gasteiger partial charge in [0.15, 0.2) is 5.65 Å². The third-order valence-corrected chi connectivity index (χ3v) is 5.08. The van der Waals surface area contributed by atoms with Crippen molar-refractivity contribution in [3.8, 4) is 22.8 Å². The molecule has 0 atom stereocenters. The molecule has 2 aromatic heterocycles. The number of rotatable bonds is 8. The van der Waals surface area contributed by atoms with E-state index >= 15 is 0 Å². The van der Waals surface area contributed by atoms with Crippen LogP contribution in [-0.2, 0) is 11.3 Å². The van der Waals surface area contributed by atoms with Crippen molar-refractivity contribution in [1.29, 1.82) is 0 Å². The van der Waals surface area contributed by atoms with Crippen LogP contribution in [0, 0.1) is 0 Å². The van der Waals surface area contributed by atoms with Crippen molar-refractivity contribution in [1.82, 2.24) is 24.6 Å². The molecule has 8 nitrogen and oxygen atoms in total. The molecule has 4 rings (SSSR count). The number of carbonyl (C=O) groups is 1. The van der Waals surface area contributed by atoms with Crippen molar-refractivity contribution >= 4 is 22.8 Å². The molecule has 0 fully saturated rings. The first-order chi connectivity index (χ1) is 15.6. The van der Waals surface area contributed by atoms with Crippen molar-refractivity contribution in [2.24, 2.45) is 0 Å². The first-order valence-corrected chi connectivity index (χ1v) is 10.2. The zero-order valence-electron chi connectivity index (χ0n) is 17.8. The van der Waals surface area contributed by atoms with Crippen LogP contribution in [0.3, 0.4) is 0 Å². The molecule has 0 saturated heterocycles. The topological polar surface area (TPSA) is 99.2 Å². The van der Waals surface area contributed by atoms with Gasteiger partial charge in [0, 0.05) is 25.7 Å². The van der Waals surface area contributed by atoms with Gasteiger partial charge in [-0.25, -0.2) is 14.6 Å². The lowest BCUT2D eigenvalue weighted by molar-refractivity contribution is -0.124. The third kappa shape index (κ3) is 4.44. The summed E-state index contributed by atoms with van der Waals surface area (Å²) in [6, 6.07) is 17.3. The SMILES string of the molecule is C=CC(=O)N(C)CCCn1nc(-c2ccc(Oc3ccccc3)cc2)c2c(N)ncnc21. The molecule has 0 aliphatic carbocycles. The second kappa shape index (κ2) is 9.30. The molecule has 2 aromatic carbocycles. The summed E-state index contributed by atoms with van der Waals surface area (Å²) in [7, 11) is 1.75. The number of nitrogens with two attached hydrogens (primary N) is 1. The van der Waals surface area contributed by atoms with Crippen LogP contribution in [0.1, 0.15) is 6.42 Å². The Bertz CT molecular complexity index is 1230. The predicted octanol–water partition coefficient (Wildman–Crippen LogP) is 3.90. The van der Waals surface area contributed by atoms with E-state index in [1.54, 1.807) is 11.9 Å². The summed E-state index contributed by atoms with van der Waals surface area (Å²) in [6.45, 7) is 4.67. The number of hydrogen-bond donors (Lipinski definition) is 1. The van der Waals surface area contributed by atoms with Gasteiger partial charge in [0.2, 0.25) is 5.91 Å². The number of fused-ring (bicyclic) bond motifs is 1. The average Bonchev–Trinajstić information content (AvgIpc) is 3.19. The van der Waals surface area contributed by atoms with E-state index in [4.69, 9.17) is 15.6 Å². The molecular formula is C24H24N6O2. The van der Waals surface area contributed by atoms with Crippen LogP contribution >= 0.6 is 0 Å². The van der Waals surface area contributed by atoms with Crippen LogP contribution in [0.5, 0.6) is 11.5 Å². The van der Waals surface area contributed by atoms with E-state index < -0.39 is 0 Å². The number of aryl methyl sites for hydroxylation is 1. The number of anilines is 1. The Kier molecular flexibility index (Phi) is 6.12. The molecule has 0 unspecified atom stereocenters. The summed E-state index contributed by atoms with van der Waals surface area (Å²) in [6.07, 6.45) is 3.45. The Hall–Kier alpha value is -4.20. The quantitative estimate of drug-likeness (QED) is 0.427. The van der Waals surface area contributed by atoms with Crippen LogP contribution in [0.2, 0.25) is 0 Å². The molecule has 0 aliphatic heterocycles. The van der Waals surface area contributed by atoms with Gasteiger partial charge >= 0.3 is 0 Å². The van der Waals surface area contributed by atoms with Gasteiger partial charge < -0.3 is 15.4 Å². The van der Waals surface area contributed by atoms with Crippen LogP contribution in [-0.4, -0.2) is 44.1 Å². The van der Waals surface area contributed by atoms with E-state index in [9.17, 15) is 4.79 Å². The van der Waals surface area contributed by atoms with Crippen molar-refractivity contribution in [3.63, 3.8) is 0 Å². The molecule has 162 valence electrons. The number of benzene rings is 2. The maximum Gasteiger partial charge on any atom is 0.245 e. The second-order valence-corrected chi connectivity index (χ2v) is 7.29. The van der Waals surface area contributed by atoms with Gasteiger partial charge in [-0.05, 0) is 48.9 Å². The van der Waals surface area contributed by atoms with Gasteiger partial charge in [-0.15, -0.1) is 0 Å². The molecule has 0 aliphatic rings. The molecule has 0 radical (unpaired) electrons. The summed E-state index contributed by atoms with van der Waals surface area (Å²) in [5.41, 5.74) is 8.44. The second-order valence-electron chi connectivity index (χ2n) is 7.29. The Balaban J connectivity index is 1.58. The molecule has 2 N–H and O–H groups in total. The first-order valence-electron chi connectivity index (χ1n) is 10.2. The minimum atomic E-state index is -0.111. The number of nitrogens with zero attached hydrogens (tertiary/aromatic N) is 5. The lowest BCUT2D eigenvalue weighted by Gasteiger charge is -2.14. The summed E-state index contributed by atoms with van der Waals surface area (Å²) in [5.74, 6) is 1.76. The number of para-hydroxylation sites is 1. The third-order valence-electron chi connectivity index (χ3n) is 5.08. The van der Waals surface area contributed by atoms with E-state index in [-0.39, 0.29) is 5.91 Å². The van der Waals surface area contributed by atoms with Crippen molar-refractivity contribution < 1.29 is 9.53 Å². The zero-order valence-corrected chi connectivity index (χ0v) is 17.8. The summed E-state index contributed by atoms with van der Waals surface area (Å²) >= 11 is 0. The molecule has 32 heavy (non-hydrogen) atoms. The van der Waals surface area contributed by atoms with E-state index in [0.717, 1.165) is 17.1 Å². The highest BCUT2D eigenvalue weighted by Gasteiger charge is 2.17. The van der Waals surface area contributed by atoms with E-state index in [1.165, 1.54) is 12.4 Å². The standard InChI is InChI=1S/C24H24N6O2/c1-3-20(31)29(2)14-7-15-30-24-21(23(25)26-16-27-24)22(28-30)17-10-12-19(13-11-17)32-18-8-5-4-6-9-18/h3-6,8-13,16H,1,7,14-15H2,2H3,(H2,25,26,27). The largest absolute Gasteiger partial charge is 0.457 e. The highest BCUT2D eigenvalue weighted by atomic mass is 16.5. The smallest absolute Gasteiger partial charge is 0.245 e. The van der Waals surface area contributed by atoms with Crippen LogP contribution < -0.4 is 10.5 Å². The first kappa shape index (κ1) is 21.0. The number of carbonyl (C=O) groups excluding carboxylic acids is 1. The molecule has 2 heterocycles. The molecule has 4 aromatic rings. The van der Waals surface area contributed by atoms with Gasteiger partial charge in [-0.1, -0.05) is 24.8 Å². The minimum absolute atomic E-state index is 0.111. The monoisotopic (exact) mass is 428 g/mol. The summed E-state index contributed by atoms with van der Waals surface area (Å²) in [5, 5.41) is 5.47. The molecular weight excluding hydrogens is 404 g/mol. The van der Waals surface area contributed by atoms with E-state index in [0.29, 0.717) is 42.1 Å². The normalized spacial score (nSPS) is 10.8. The molecule has 0 saturated carbocycles. The zero-order chi connectivity index (χ0) is 22.5. The number of amides is 1. The number of aromatic nitrogens is 4. The molecule has 0 bridgehead atoms. The summed E-state index contributed by atoms with van der Waals surface area (Å²) in [4.78, 5) is 21.8. The lowest BCUT2D eigenvalue weighted by Crippen LogP contribution is -2.26. The number of hydrogen-bond acceptors (Lipinski definition) is 6. The van der Waals surface area contributed by atoms with Gasteiger partial charge in [-0.3, -0.25) is 4.79 Å². The van der Waals surface area contributed by atoms with Gasteiger partial charge in [-0.2, -0.15) is 5.10 Å². The highest BCUT2D eigenvalue weighted by Crippen LogP contribution is 2.32. The van der Waals surface area contributed by atoms with E-state index in [2.05, 4.69) is 16.5 Å². The summed E-state index contributed by atoms with van der Waals surface area (Å²) < 4.78 is 7.68. The van der Waals surface area contributed by atoms with Crippen LogP contribution in [0.4, 0.5) is 5.82 Å². The maximum absolute atomic E-state index is 11.7. The van der Waals surface area contributed by atoms with Gasteiger partial charge in [0.25, 0.3) is 0 Å². The van der Waals surface area contributed by atoms with Crippen molar-refractivity contribution in [2.75, 3.05) is 19.3 Å². The molecule has 1 amide bonds. The Morgan fingerprint density at radius 2 is 1.84 bits per heavy atom. The Morgan fingerprint density at radius 1 is 1.12 bits per heavy atom. The fourth-order valence-electron chi connectivity index (χ4n) is 3.42.